The second-order valence-electron chi connectivity index (χ2n) is 8.33. The largest absolute Gasteiger partial charge is 0.497 e. The van der Waals surface area contributed by atoms with E-state index in [2.05, 4.69) is 15.1 Å². The summed E-state index contributed by atoms with van der Waals surface area (Å²) in [4.78, 5) is 16.4. The number of aromatic nitrogens is 2. The Balaban J connectivity index is 1.14. The first-order valence-electron chi connectivity index (χ1n) is 11.0. The Morgan fingerprint density at radius 2 is 1.82 bits per heavy atom. The first-order valence-corrected chi connectivity index (χ1v) is 11.0. The summed E-state index contributed by atoms with van der Waals surface area (Å²) in [5, 5.41) is 7.84. The monoisotopic (exact) mass is 452 g/mol. The average molecular weight is 452 g/mol. The van der Waals surface area contributed by atoms with E-state index < -0.39 is 0 Å². The van der Waals surface area contributed by atoms with E-state index in [1.165, 1.54) is 18.9 Å². The Morgan fingerprint density at radius 3 is 2.52 bits per heavy atom. The first-order chi connectivity index (χ1) is 16.1. The van der Waals surface area contributed by atoms with Crippen LogP contribution in [0.5, 0.6) is 11.5 Å². The highest BCUT2D eigenvalue weighted by molar-refractivity contribution is 5.90. The number of ether oxygens (including phenoxy) is 2. The van der Waals surface area contributed by atoms with E-state index in [-0.39, 0.29) is 29.6 Å². The van der Waals surface area contributed by atoms with Crippen LogP contribution in [0.3, 0.4) is 0 Å². The SMILES string of the molecule is COc1ccc(-c2nnc(C(=O)N3CC(Oc4ccc(CN5CCCC5)c(F)c4)C3)o2)cc1. The molecule has 3 heterocycles. The van der Waals surface area contributed by atoms with E-state index in [4.69, 9.17) is 13.9 Å². The number of benzene rings is 2. The molecule has 1 aromatic heterocycles. The molecule has 0 atom stereocenters. The summed E-state index contributed by atoms with van der Waals surface area (Å²) in [6, 6.07) is 12.1. The van der Waals surface area contributed by atoms with Crippen molar-refractivity contribution in [3.63, 3.8) is 0 Å². The molecule has 0 saturated carbocycles. The molecule has 2 fully saturated rings. The number of halogens is 1. The quantitative estimate of drug-likeness (QED) is 0.544. The maximum Gasteiger partial charge on any atom is 0.311 e. The fraction of sp³-hybridized carbons (Fsp3) is 0.375. The molecule has 8 nitrogen and oxygen atoms in total. The number of rotatable bonds is 7. The van der Waals surface area contributed by atoms with Crippen LogP contribution < -0.4 is 9.47 Å². The van der Waals surface area contributed by atoms with E-state index >= 15 is 0 Å². The summed E-state index contributed by atoms with van der Waals surface area (Å²) in [5.74, 6) is 0.755. The van der Waals surface area contributed by atoms with Gasteiger partial charge in [0.05, 0.1) is 20.2 Å². The summed E-state index contributed by atoms with van der Waals surface area (Å²) in [6.07, 6.45) is 2.14. The van der Waals surface area contributed by atoms with Crippen molar-refractivity contribution in [2.75, 3.05) is 33.3 Å². The lowest BCUT2D eigenvalue weighted by atomic mass is 10.1. The fourth-order valence-electron chi connectivity index (χ4n) is 4.08. The zero-order valence-electron chi connectivity index (χ0n) is 18.4. The summed E-state index contributed by atoms with van der Waals surface area (Å²) >= 11 is 0. The maximum atomic E-state index is 14.5. The van der Waals surface area contributed by atoms with Gasteiger partial charge in [0.15, 0.2) is 0 Å². The Hall–Kier alpha value is -3.46. The molecule has 172 valence electrons. The van der Waals surface area contributed by atoms with Crippen molar-refractivity contribution in [3.8, 4) is 23.0 Å². The molecule has 2 aliphatic rings. The van der Waals surface area contributed by atoms with Crippen molar-refractivity contribution in [1.82, 2.24) is 20.0 Å². The van der Waals surface area contributed by atoms with Crippen LogP contribution in [0.25, 0.3) is 11.5 Å². The molecular weight excluding hydrogens is 427 g/mol. The van der Waals surface area contributed by atoms with Gasteiger partial charge in [0, 0.05) is 23.7 Å². The van der Waals surface area contributed by atoms with Gasteiger partial charge in [-0.1, -0.05) is 6.07 Å². The summed E-state index contributed by atoms with van der Waals surface area (Å²) in [7, 11) is 1.59. The third-order valence-electron chi connectivity index (χ3n) is 6.00. The van der Waals surface area contributed by atoms with Gasteiger partial charge in [-0.15, -0.1) is 10.2 Å². The number of likely N-dealkylation sites (tertiary alicyclic amines) is 2. The highest BCUT2D eigenvalue weighted by atomic mass is 19.1. The van der Waals surface area contributed by atoms with Crippen LogP contribution in [0, 0.1) is 5.82 Å². The minimum atomic E-state index is -0.353. The maximum absolute atomic E-state index is 14.5. The molecule has 33 heavy (non-hydrogen) atoms. The van der Waals surface area contributed by atoms with Gasteiger partial charge in [0.1, 0.15) is 23.4 Å². The Bertz CT molecular complexity index is 1120. The van der Waals surface area contributed by atoms with Crippen LogP contribution in [-0.4, -0.2) is 65.3 Å². The third-order valence-corrected chi connectivity index (χ3v) is 6.00. The Kier molecular flexibility index (Phi) is 5.95. The number of hydrogen-bond donors (Lipinski definition) is 0. The lowest BCUT2D eigenvalue weighted by Gasteiger charge is -2.38. The highest BCUT2D eigenvalue weighted by Crippen LogP contribution is 2.25. The molecule has 0 bridgehead atoms. The van der Waals surface area contributed by atoms with Gasteiger partial charge < -0.3 is 18.8 Å². The van der Waals surface area contributed by atoms with E-state index in [0.29, 0.717) is 42.3 Å². The molecule has 5 rings (SSSR count). The molecular formula is C24H25FN4O4. The molecule has 3 aromatic rings. The summed E-state index contributed by atoms with van der Waals surface area (Å²) < 4.78 is 31.0. The lowest BCUT2D eigenvalue weighted by molar-refractivity contribution is 0.0148. The van der Waals surface area contributed by atoms with Crippen LogP contribution in [0.15, 0.2) is 46.9 Å². The van der Waals surface area contributed by atoms with E-state index in [1.54, 1.807) is 48.4 Å². The summed E-state index contributed by atoms with van der Waals surface area (Å²) in [6.45, 7) is 3.41. The van der Waals surface area contributed by atoms with Crippen LogP contribution >= 0.6 is 0 Å². The molecule has 2 saturated heterocycles. The highest BCUT2D eigenvalue weighted by Gasteiger charge is 2.35. The van der Waals surface area contributed by atoms with E-state index in [9.17, 15) is 9.18 Å². The minimum Gasteiger partial charge on any atom is -0.497 e. The smallest absolute Gasteiger partial charge is 0.311 e. The van der Waals surface area contributed by atoms with Crippen LogP contribution in [0.4, 0.5) is 4.39 Å². The van der Waals surface area contributed by atoms with Gasteiger partial charge in [0.25, 0.3) is 0 Å². The number of methoxy groups -OCH3 is 1. The molecule has 1 amide bonds. The number of nitrogens with zero attached hydrogens (tertiary/aromatic N) is 4. The van der Waals surface area contributed by atoms with Crippen LogP contribution in [0.2, 0.25) is 0 Å². The van der Waals surface area contributed by atoms with Gasteiger partial charge in [-0.25, -0.2) is 4.39 Å². The van der Waals surface area contributed by atoms with Crippen molar-refractivity contribution >= 4 is 5.91 Å². The number of amides is 1. The predicted molar refractivity (Wildman–Crippen MR) is 118 cm³/mol. The van der Waals surface area contributed by atoms with Gasteiger partial charge in [0.2, 0.25) is 5.89 Å². The normalized spacial score (nSPS) is 16.6. The third kappa shape index (κ3) is 4.68. The molecule has 9 heteroatoms. The van der Waals surface area contributed by atoms with Gasteiger partial charge in [-0.05, 0) is 56.3 Å². The van der Waals surface area contributed by atoms with Crippen molar-refractivity contribution < 1.29 is 23.1 Å². The second kappa shape index (κ2) is 9.19. The zero-order valence-corrected chi connectivity index (χ0v) is 18.4. The summed E-state index contributed by atoms with van der Waals surface area (Å²) in [5.41, 5.74) is 1.38. The van der Waals surface area contributed by atoms with Crippen molar-refractivity contribution in [2.45, 2.75) is 25.5 Å². The van der Waals surface area contributed by atoms with Gasteiger partial charge in [-0.3, -0.25) is 9.69 Å². The van der Waals surface area contributed by atoms with Gasteiger partial charge >= 0.3 is 11.8 Å². The Morgan fingerprint density at radius 1 is 1.09 bits per heavy atom. The fourth-order valence-corrected chi connectivity index (χ4v) is 4.08. The molecule has 0 N–H and O–H groups in total. The first kappa shape index (κ1) is 21.4. The minimum absolute atomic E-state index is 0.0726. The zero-order chi connectivity index (χ0) is 22.8. The molecule has 0 unspecified atom stereocenters. The lowest BCUT2D eigenvalue weighted by Crippen LogP contribution is -2.56. The number of carbonyl (C=O) groups excluding carboxylic acids is 1. The van der Waals surface area contributed by atoms with E-state index in [0.717, 1.165) is 13.1 Å². The van der Waals surface area contributed by atoms with Gasteiger partial charge in [-0.2, -0.15) is 0 Å². The Labute approximate surface area is 190 Å². The molecule has 2 aliphatic heterocycles. The van der Waals surface area contributed by atoms with Crippen LogP contribution in [0.1, 0.15) is 29.1 Å². The average Bonchev–Trinajstić information content (AvgIpc) is 3.50. The second-order valence-corrected chi connectivity index (χ2v) is 8.33. The standard InChI is InChI=1S/C24H25FN4O4/c1-31-18-7-4-16(5-8-18)22-26-27-23(33-22)24(30)29-14-20(15-29)32-19-9-6-17(21(25)12-19)13-28-10-2-3-11-28/h4-9,12,20H,2-3,10-11,13-15H2,1H3. The predicted octanol–water partition coefficient (Wildman–Crippen LogP) is 3.38. The number of carbonyl (C=O) groups is 1. The molecule has 0 spiro atoms. The van der Waals surface area contributed by atoms with Crippen molar-refractivity contribution in [1.29, 1.82) is 0 Å². The van der Waals surface area contributed by atoms with Crippen LogP contribution in [-0.2, 0) is 6.54 Å². The van der Waals surface area contributed by atoms with E-state index in [1.807, 2.05) is 0 Å². The van der Waals surface area contributed by atoms with Crippen molar-refractivity contribution in [3.05, 3.63) is 59.7 Å². The molecule has 2 aromatic carbocycles. The molecule has 0 aliphatic carbocycles. The molecule has 0 radical (unpaired) electrons. The number of hydrogen-bond acceptors (Lipinski definition) is 7. The topological polar surface area (TPSA) is 80.9 Å². The van der Waals surface area contributed by atoms with Crippen molar-refractivity contribution in [2.24, 2.45) is 0 Å².